The summed E-state index contributed by atoms with van der Waals surface area (Å²) in [4.78, 5) is 0. The Hall–Kier alpha value is -1.00. The molecular formula is C13H14Cl2N2O. The molecule has 1 atom stereocenters. The molecule has 0 saturated heterocycles. The predicted molar refractivity (Wildman–Crippen MR) is 73.8 cm³/mol. The summed E-state index contributed by atoms with van der Waals surface area (Å²) in [6, 6.07) is 7.18. The monoisotopic (exact) mass is 284 g/mol. The lowest BCUT2D eigenvalue weighted by molar-refractivity contribution is 0.495. The summed E-state index contributed by atoms with van der Waals surface area (Å²) in [5.41, 5.74) is 4.54. The van der Waals surface area contributed by atoms with E-state index in [0.717, 1.165) is 22.6 Å². The van der Waals surface area contributed by atoms with E-state index in [4.69, 9.17) is 33.5 Å². The fraction of sp³-hybridized carbons (Fsp3) is 0.231. The van der Waals surface area contributed by atoms with Crippen LogP contribution in [0.5, 0.6) is 0 Å². The highest BCUT2D eigenvalue weighted by molar-refractivity contribution is 6.42. The molecule has 2 rings (SSSR count). The largest absolute Gasteiger partial charge is 0.466 e. The number of hydrazine groups is 1. The Kier molecular flexibility index (Phi) is 3.97. The van der Waals surface area contributed by atoms with E-state index in [1.165, 1.54) is 0 Å². The molecule has 1 aromatic heterocycles. The Labute approximate surface area is 116 Å². The van der Waals surface area contributed by atoms with Crippen LogP contribution >= 0.6 is 23.2 Å². The van der Waals surface area contributed by atoms with Crippen LogP contribution < -0.4 is 11.3 Å². The molecule has 18 heavy (non-hydrogen) atoms. The van der Waals surface area contributed by atoms with Gasteiger partial charge in [0.05, 0.1) is 16.1 Å². The van der Waals surface area contributed by atoms with Crippen molar-refractivity contribution in [2.75, 3.05) is 0 Å². The van der Waals surface area contributed by atoms with Gasteiger partial charge in [0.25, 0.3) is 0 Å². The summed E-state index contributed by atoms with van der Waals surface area (Å²) < 4.78 is 5.52. The first kappa shape index (κ1) is 13.4. The van der Waals surface area contributed by atoms with Gasteiger partial charge in [-0.2, -0.15) is 0 Å². The minimum absolute atomic E-state index is 0.242. The van der Waals surface area contributed by atoms with Gasteiger partial charge >= 0.3 is 0 Å². The molecule has 0 fully saturated rings. The standard InChI is InChI=1S/C13H14Cl2N2O/c1-7-6-10(8(2)18-7)13(17-16)9-4-3-5-11(14)12(9)15/h3-6,13,17H,16H2,1-2H3. The van der Waals surface area contributed by atoms with Crippen molar-refractivity contribution in [3.05, 3.63) is 57.0 Å². The molecule has 0 spiro atoms. The van der Waals surface area contributed by atoms with Crippen LogP contribution in [0.3, 0.4) is 0 Å². The molecule has 0 aliphatic heterocycles. The summed E-state index contributed by atoms with van der Waals surface area (Å²) in [7, 11) is 0. The molecule has 3 N–H and O–H groups in total. The second-order valence-electron chi connectivity index (χ2n) is 4.11. The van der Waals surface area contributed by atoms with Gasteiger partial charge in [0.1, 0.15) is 11.5 Å². The first-order chi connectivity index (χ1) is 8.54. The van der Waals surface area contributed by atoms with E-state index in [2.05, 4.69) is 5.43 Å². The van der Waals surface area contributed by atoms with Crippen molar-refractivity contribution < 1.29 is 4.42 Å². The zero-order chi connectivity index (χ0) is 13.3. The van der Waals surface area contributed by atoms with Gasteiger partial charge in [0.15, 0.2) is 0 Å². The number of aryl methyl sites for hydroxylation is 2. The Bertz CT molecular complexity index is 566. The van der Waals surface area contributed by atoms with Crippen LogP contribution in [-0.4, -0.2) is 0 Å². The molecule has 1 heterocycles. The summed E-state index contributed by atoms with van der Waals surface area (Å²) >= 11 is 12.2. The lowest BCUT2D eigenvalue weighted by atomic mass is 9.99. The van der Waals surface area contributed by atoms with E-state index < -0.39 is 0 Å². The molecule has 5 heteroatoms. The summed E-state index contributed by atoms with van der Waals surface area (Å²) in [5, 5.41) is 1.01. The van der Waals surface area contributed by atoms with Crippen LogP contribution in [0.4, 0.5) is 0 Å². The Morgan fingerprint density at radius 3 is 2.50 bits per heavy atom. The van der Waals surface area contributed by atoms with E-state index in [0.29, 0.717) is 10.0 Å². The van der Waals surface area contributed by atoms with Crippen molar-refractivity contribution in [1.29, 1.82) is 0 Å². The van der Waals surface area contributed by atoms with E-state index in [-0.39, 0.29) is 6.04 Å². The number of rotatable bonds is 3. The van der Waals surface area contributed by atoms with Crippen LogP contribution in [0.1, 0.15) is 28.7 Å². The number of nitrogens with two attached hydrogens (primary N) is 1. The van der Waals surface area contributed by atoms with Gasteiger partial charge in [-0.1, -0.05) is 35.3 Å². The normalized spacial score (nSPS) is 12.7. The summed E-state index contributed by atoms with van der Waals surface area (Å²) in [5.74, 6) is 7.29. The fourth-order valence-corrected chi connectivity index (χ4v) is 2.44. The minimum Gasteiger partial charge on any atom is -0.466 e. The van der Waals surface area contributed by atoms with E-state index in [1.807, 2.05) is 32.0 Å². The third-order valence-electron chi connectivity index (χ3n) is 2.85. The quantitative estimate of drug-likeness (QED) is 0.667. The van der Waals surface area contributed by atoms with Crippen molar-refractivity contribution in [2.45, 2.75) is 19.9 Å². The topological polar surface area (TPSA) is 51.2 Å². The molecule has 3 nitrogen and oxygen atoms in total. The Morgan fingerprint density at radius 2 is 1.94 bits per heavy atom. The maximum atomic E-state index is 6.22. The molecule has 2 aromatic rings. The molecule has 1 aromatic carbocycles. The van der Waals surface area contributed by atoms with Crippen LogP contribution in [-0.2, 0) is 0 Å². The SMILES string of the molecule is Cc1cc(C(NN)c2cccc(Cl)c2Cl)c(C)o1. The smallest absolute Gasteiger partial charge is 0.106 e. The highest BCUT2D eigenvalue weighted by Gasteiger charge is 2.21. The molecule has 0 saturated carbocycles. The average Bonchev–Trinajstić information content (AvgIpc) is 2.65. The number of halogens is 2. The fourth-order valence-electron chi connectivity index (χ4n) is 2.03. The molecule has 0 aliphatic carbocycles. The van der Waals surface area contributed by atoms with Gasteiger partial charge in [0, 0.05) is 5.56 Å². The highest BCUT2D eigenvalue weighted by atomic mass is 35.5. The first-order valence-electron chi connectivity index (χ1n) is 5.51. The van der Waals surface area contributed by atoms with Gasteiger partial charge in [0.2, 0.25) is 0 Å². The van der Waals surface area contributed by atoms with Crippen LogP contribution in [0.15, 0.2) is 28.7 Å². The van der Waals surface area contributed by atoms with E-state index in [1.54, 1.807) is 6.07 Å². The van der Waals surface area contributed by atoms with Gasteiger partial charge in [-0.25, -0.2) is 5.43 Å². The van der Waals surface area contributed by atoms with Crippen LogP contribution in [0.2, 0.25) is 10.0 Å². The molecular weight excluding hydrogens is 271 g/mol. The van der Waals surface area contributed by atoms with Gasteiger partial charge in [-0.3, -0.25) is 5.84 Å². The van der Waals surface area contributed by atoms with E-state index in [9.17, 15) is 0 Å². The zero-order valence-electron chi connectivity index (χ0n) is 10.1. The molecule has 0 bridgehead atoms. The average molecular weight is 285 g/mol. The van der Waals surface area contributed by atoms with Gasteiger partial charge < -0.3 is 4.42 Å². The van der Waals surface area contributed by atoms with Crippen molar-refractivity contribution in [2.24, 2.45) is 5.84 Å². The zero-order valence-corrected chi connectivity index (χ0v) is 11.6. The minimum atomic E-state index is -0.242. The first-order valence-corrected chi connectivity index (χ1v) is 6.27. The van der Waals surface area contributed by atoms with E-state index >= 15 is 0 Å². The van der Waals surface area contributed by atoms with Crippen LogP contribution in [0.25, 0.3) is 0 Å². The Morgan fingerprint density at radius 1 is 1.22 bits per heavy atom. The van der Waals surface area contributed by atoms with Crippen molar-refractivity contribution in [3.8, 4) is 0 Å². The summed E-state index contributed by atoms with van der Waals surface area (Å²) in [6.07, 6.45) is 0. The van der Waals surface area contributed by atoms with Crippen molar-refractivity contribution in [3.63, 3.8) is 0 Å². The lowest BCUT2D eigenvalue weighted by Crippen LogP contribution is -2.29. The number of benzene rings is 1. The second-order valence-corrected chi connectivity index (χ2v) is 4.90. The second kappa shape index (κ2) is 5.33. The number of hydrogen-bond donors (Lipinski definition) is 2. The third-order valence-corrected chi connectivity index (χ3v) is 3.68. The molecule has 0 radical (unpaired) electrons. The number of furan rings is 1. The number of hydrogen-bond acceptors (Lipinski definition) is 3. The highest BCUT2D eigenvalue weighted by Crippen LogP contribution is 2.34. The van der Waals surface area contributed by atoms with Crippen molar-refractivity contribution in [1.82, 2.24) is 5.43 Å². The molecule has 96 valence electrons. The van der Waals surface area contributed by atoms with Gasteiger partial charge in [-0.15, -0.1) is 0 Å². The van der Waals surface area contributed by atoms with Crippen LogP contribution in [0, 0.1) is 13.8 Å². The van der Waals surface area contributed by atoms with Crippen molar-refractivity contribution >= 4 is 23.2 Å². The summed E-state index contributed by atoms with van der Waals surface area (Å²) in [6.45, 7) is 3.79. The predicted octanol–water partition coefficient (Wildman–Crippen LogP) is 3.76. The maximum absolute atomic E-state index is 6.22. The molecule has 1 unspecified atom stereocenters. The number of nitrogens with one attached hydrogen (secondary N) is 1. The molecule has 0 aliphatic rings. The molecule has 0 amide bonds. The third kappa shape index (κ3) is 2.40. The lowest BCUT2D eigenvalue weighted by Gasteiger charge is -2.17. The Balaban J connectivity index is 2.52. The van der Waals surface area contributed by atoms with Gasteiger partial charge in [-0.05, 0) is 31.5 Å². The maximum Gasteiger partial charge on any atom is 0.106 e.